The van der Waals surface area contributed by atoms with Crippen molar-refractivity contribution in [2.24, 2.45) is 0 Å². The molecule has 0 aliphatic carbocycles. The summed E-state index contributed by atoms with van der Waals surface area (Å²) in [4.78, 5) is 11.7. The summed E-state index contributed by atoms with van der Waals surface area (Å²) < 4.78 is 24.3. The van der Waals surface area contributed by atoms with Crippen molar-refractivity contribution < 1.29 is 18.7 Å². The third kappa shape index (κ3) is 3.95. The van der Waals surface area contributed by atoms with Crippen LogP contribution in [0, 0.1) is 5.82 Å². The molecule has 0 aliphatic rings. The molecule has 0 spiro atoms. The van der Waals surface area contributed by atoms with Crippen molar-refractivity contribution in [2.45, 2.75) is 6.92 Å². The second-order valence-corrected chi connectivity index (χ2v) is 5.10. The zero-order valence-electron chi connectivity index (χ0n) is 11.2. The summed E-state index contributed by atoms with van der Waals surface area (Å²) in [6.07, 6.45) is 0. The molecule has 0 atom stereocenters. The number of esters is 1. The molecule has 0 radical (unpaired) electrons. The van der Waals surface area contributed by atoms with Crippen molar-refractivity contribution >= 4 is 27.6 Å². The average Bonchev–Trinajstić information content (AvgIpc) is 2.40. The lowest BCUT2D eigenvalue weighted by Crippen LogP contribution is -2.05. The van der Waals surface area contributed by atoms with Gasteiger partial charge in [-0.1, -0.05) is 15.9 Å². The first-order chi connectivity index (χ1) is 9.99. The first-order valence-electron chi connectivity index (χ1n) is 6.20. The van der Waals surface area contributed by atoms with Crippen LogP contribution in [-0.2, 0) is 4.74 Å². The highest BCUT2D eigenvalue weighted by Crippen LogP contribution is 2.30. The zero-order chi connectivity index (χ0) is 15.4. The lowest BCUT2D eigenvalue weighted by molar-refractivity contribution is 0.0526. The van der Waals surface area contributed by atoms with Gasteiger partial charge in [-0.15, -0.1) is 0 Å². The van der Waals surface area contributed by atoms with Gasteiger partial charge < -0.3 is 15.2 Å². The van der Waals surface area contributed by atoms with Crippen LogP contribution < -0.4 is 10.5 Å². The summed E-state index contributed by atoms with van der Waals surface area (Å²) in [7, 11) is 0. The number of nitrogens with two attached hydrogens (primary N) is 1. The monoisotopic (exact) mass is 353 g/mol. The molecular formula is C15H13BrFNO3. The second kappa shape index (κ2) is 6.58. The van der Waals surface area contributed by atoms with Gasteiger partial charge in [0.1, 0.15) is 11.6 Å². The maximum absolute atomic E-state index is 13.3. The van der Waals surface area contributed by atoms with Gasteiger partial charge in [0.05, 0.1) is 17.9 Å². The van der Waals surface area contributed by atoms with Gasteiger partial charge in [0, 0.05) is 10.5 Å². The third-order valence-electron chi connectivity index (χ3n) is 2.59. The molecule has 2 aromatic carbocycles. The van der Waals surface area contributed by atoms with E-state index in [-0.39, 0.29) is 18.1 Å². The van der Waals surface area contributed by atoms with Gasteiger partial charge in [-0.2, -0.15) is 0 Å². The molecule has 2 rings (SSSR count). The molecule has 21 heavy (non-hydrogen) atoms. The van der Waals surface area contributed by atoms with E-state index in [9.17, 15) is 9.18 Å². The summed E-state index contributed by atoms with van der Waals surface area (Å²) in [5.41, 5.74) is 6.46. The van der Waals surface area contributed by atoms with E-state index < -0.39 is 11.8 Å². The Bertz CT molecular complexity index is 656. The Hall–Kier alpha value is -2.08. The van der Waals surface area contributed by atoms with E-state index >= 15 is 0 Å². The first kappa shape index (κ1) is 15.3. The van der Waals surface area contributed by atoms with Gasteiger partial charge >= 0.3 is 5.97 Å². The van der Waals surface area contributed by atoms with Crippen LogP contribution in [0.3, 0.4) is 0 Å². The number of rotatable bonds is 4. The number of carbonyl (C=O) groups excluding carboxylic acids is 1. The van der Waals surface area contributed by atoms with Crippen molar-refractivity contribution in [3.8, 4) is 11.5 Å². The Kier molecular flexibility index (Phi) is 4.80. The smallest absolute Gasteiger partial charge is 0.338 e. The summed E-state index contributed by atoms with van der Waals surface area (Å²) >= 11 is 3.18. The normalized spacial score (nSPS) is 10.2. The third-order valence-corrected chi connectivity index (χ3v) is 3.05. The van der Waals surface area contributed by atoms with Gasteiger partial charge in [0.25, 0.3) is 0 Å². The van der Waals surface area contributed by atoms with Gasteiger partial charge in [-0.3, -0.25) is 0 Å². The highest BCUT2D eigenvalue weighted by atomic mass is 79.9. The van der Waals surface area contributed by atoms with Crippen molar-refractivity contribution in [2.75, 3.05) is 12.3 Å². The zero-order valence-corrected chi connectivity index (χ0v) is 12.8. The van der Waals surface area contributed by atoms with Crippen molar-refractivity contribution in [3.05, 3.63) is 52.3 Å². The lowest BCUT2D eigenvalue weighted by atomic mass is 10.2. The quantitative estimate of drug-likeness (QED) is 0.662. The molecule has 0 heterocycles. The minimum Gasteiger partial charge on any atom is -0.462 e. The van der Waals surface area contributed by atoms with Crippen LogP contribution in [0.4, 0.5) is 10.1 Å². The van der Waals surface area contributed by atoms with Crippen LogP contribution in [0.25, 0.3) is 0 Å². The summed E-state index contributed by atoms with van der Waals surface area (Å²) in [5, 5.41) is 0. The number of benzene rings is 2. The average molecular weight is 354 g/mol. The van der Waals surface area contributed by atoms with E-state index in [0.717, 1.165) is 0 Å². The molecule has 6 heteroatoms. The van der Waals surface area contributed by atoms with Gasteiger partial charge in [0.2, 0.25) is 0 Å². The van der Waals surface area contributed by atoms with Crippen molar-refractivity contribution in [3.63, 3.8) is 0 Å². The van der Waals surface area contributed by atoms with E-state index in [1.165, 1.54) is 24.3 Å². The number of hydrogen-bond donors (Lipinski definition) is 1. The number of carbonyl (C=O) groups is 1. The van der Waals surface area contributed by atoms with E-state index in [1.807, 2.05) is 0 Å². The van der Waals surface area contributed by atoms with Gasteiger partial charge in [-0.05, 0) is 37.3 Å². The van der Waals surface area contributed by atoms with Crippen LogP contribution in [0.1, 0.15) is 17.3 Å². The molecule has 0 fully saturated rings. The van der Waals surface area contributed by atoms with Crippen LogP contribution in [-0.4, -0.2) is 12.6 Å². The maximum Gasteiger partial charge on any atom is 0.338 e. The fourth-order valence-corrected chi connectivity index (χ4v) is 2.12. The van der Waals surface area contributed by atoms with Gasteiger partial charge in [0.15, 0.2) is 5.75 Å². The molecule has 0 saturated carbocycles. The number of halogens is 2. The summed E-state index contributed by atoms with van der Waals surface area (Å²) in [6, 6.07) is 8.68. The first-order valence-corrected chi connectivity index (χ1v) is 6.99. The standard InChI is InChI=1S/C15H13BrFNO3/c1-2-20-15(19)9-3-4-13(18)14(5-9)21-12-7-10(16)6-11(17)8-12/h3-8H,2,18H2,1H3. The molecule has 0 aromatic heterocycles. The van der Waals surface area contributed by atoms with E-state index in [2.05, 4.69) is 15.9 Å². The molecule has 0 amide bonds. The van der Waals surface area contributed by atoms with E-state index in [0.29, 0.717) is 15.7 Å². The topological polar surface area (TPSA) is 61.5 Å². The Morgan fingerprint density at radius 3 is 2.71 bits per heavy atom. The molecule has 4 nitrogen and oxygen atoms in total. The minimum absolute atomic E-state index is 0.262. The van der Waals surface area contributed by atoms with Crippen molar-refractivity contribution in [1.82, 2.24) is 0 Å². The van der Waals surface area contributed by atoms with Crippen LogP contribution >= 0.6 is 15.9 Å². The molecular weight excluding hydrogens is 341 g/mol. The predicted molar refractivity (Wildman–Crippen MR) is 81.0 cm³/mol. The Morgan fingerprint density at radius 1 is 1.29 bits per heavy atom. The van der Waals surface area contributed by atoms with Crippen LogP contribution in [0.5, 0.6) is 11.5 Å². The maximum atomic E-state index is 13.3. The van der Waals surface area contributed by atoms with Crippen LogP contribution in [0.15, 0.2) is 40.9 Å². The fraction of sp³-hybridized carbons (Fsp3) is 0.133. The molecule has 2 aromatic rings. The summed E-state index contributed by atoms with van der Waals surface area (Å²) in [6.45, 7) is 1.99. The summed E-state index contributed by atoms with van der Waals surface area (Å²) in [5.74, 6) is -0.380. The predicted octanol–water partition coefficient (Wildman–Crippen LogP) is 4.14. The second-order valence-electron chi connectivity index (χ2n) is 4.18. The largest absolute Gasteiger partial charge is 0.462 e. The SMILES string of the molecule is CCOC(=O)c1ccc(N)c(Oc2cc(F)cc(Br)c2)c1. The highest BCUT2D eigenvalue weighted by Gasteiger charge is 2.11. The van der Waals surface area contributed by atoms with Gasteiger partial charge in [-0.25, -0.2) is 9.18 Å². The van der Waals surface area contributed by atoms with Crippen LogP contribution in [0.2, 0.25) is 0 Å². The highest BCUT2D eigenvalue weighted by molar-refractivity contribution is 9.10. The van der Waals surface area contributed by atoms with E-state index in [4.69, 9.17) is 15.2 Å². The number of ether oxygens (including phenoxy) is 2. The Labute approximate surface area is 129 Å². The molecule has 0 aliphatic heterocycles. The number of hydrogen-bond acceptors (Lipinski definition) is 4. The fourth-order valence-electron chi connectivity index (χ4n) is 1.68. The molecule has 110 valence electrons. The number of anilines is 1. The Balaban J connectivity index is 2.30. The number of nitrogen functional groups attached to an aromatic ring is 1. The molecule has 0 unspecified atom stereocenters. The molecule has 0 bridgehead atoms. The molecule has 0 saturated heterocycles. The lowest BCUT2D eigenvalue weighted by Gasteiger charge is -2.10. The van der Waals surface area contributed by atoms with Crippen molar-refractivity contribution in [1.29, 1.82) is 0 Å². The molecule has 2 N–H and O–H groups in total. The van der Waals surface area contributed by atoms with E-state index in [1.54, 1.807) is 19.1 Å². The minimum atomic E-state index is -0.470. The Morgan fingerprint density at radius 2 is 2.05 bits per heavy atom.